The molecule has 0 unspecified atom stereocenters. The molecule has 0 atom stereocenters. The van der Waals surface area contributed by atoms with Crippen molar-refractivity contribution in [2.45, 2.75) is 19.6 Å². The minimum Gasteiger partial charge on any atom is -0.267 e. The van der Waals surface area contributed by atoms with E-state index in [4.69, 9.17) is 11.6 Å². The zero-order valence-corrected chi connectivity index (χ0v) is 18.9. The Morgan fingerprint density at radius 1 is 0.943 bits per heavy atom. The van der Waals surface area contributed by atoms with E-state index in [0.29, 0.717) is 38.5 Å². The van der Waals surface area contributed by atoms with Crippen LogP contribution < -0.4 is 5.56 Å². The summed E-state index contributed by atoms with van der Waals surface area (Å²) in [7, 11) is 0. The van der Waals surface area contributed by atoms with Gasteiger partial charge in [-0.25, -0.2) is 14.2 Å². The normalized spacial score (nSPS) is 11.8. The summed E-state index contributed by atoms with van der Waals surface area (Å²) in [6.07, 6.45) is -0.0267. The summed E-state index contributed by atoms with van der Waals surface area (Å²) in [5.41, 5.74) is 1.87. The molecule has 0 spiro atoms. The molecule has 0 saturated heterocycles. The van der Waals surface area contributed by atoms with E-state index in [-0.39, 0.29) is 17.8 Å². The Labute approximate surface area is 201 Å². The van der Waals surface area contributed by atoms with Crippen molar-refractivity contribution in [1.82, 2.24) is 29.4 Å². The Hall–Kier alpha value is -4.05. The number of halogens is 4. The molecular weight excluding hydrogens is 481 g/mol. The molecule has 0 aliphatic rings. The lowest BCUT2D eigenvalue weighted by molar-refractivity contribution is -0.141. The van der Waals surface area contributed by atoms with Gasteiger partial charge in [0.15, 0.2) is 5.65 Å². The summed E-state index contributed by atoms with van der Waals surface area (Å²) in [5.74, 6) is 0. The molecule has 0 aliphatic carbocycles. The van der Waals surface area contributed by atoms with Crippen LogP contribution in [0.2, 0.25) is 5.02 Å². The van der Waals surface area contributed by atoms with E-state index < -0.39 is 11.9 Å². The van der Waals surface area contributed by atoms with Gasteiger partial charge in [-0.3, -0.25) is 9.78 Å². The number of benzene rings is 1. The number of aromatic nitrogens is 6. The molecule has 0 N–H and O–H groups in total. The van der Waals surface area contributed by atoms with Gasteiger partial charge in [0.2, 0.25) is 0 Å². The second-order valence-electron chi connectivity index (χ2n) is 7.79. The van der Waals surface area contributed by atoms with Crippen LogP contribution in [0.15, 0.2) is 72.0 Å². The maximum absolute atomic E-state index is 13.9. The molecule has 4 aromatic heterocycles. The molecule has 0 amide bonds. The van der Waals surface area contributed by atoms with Crippen LogP contribution in [0.5, 0.6) is 0 Å². The summed E-state index contributed by atoms with van der Waals surface area (Å²) < 4.78 is 42.1. The van der Waals surface area contributed by atoms with Gasteiger partial charge in [0.25, 0.3) is 5.56 Å². The first-order valence-corrected chi connectivity index (χ1v) is 10.8. The van der Waals surface area contributed by atoms with Crippen LogP contribution in [0, 0.1) is 6.92 Å². The van der Waals surface area contributed by atoms with Gasteiger partial charge in [0.05, 0.1) is 12.1 Å². The van der Waals surface area contributed by atoms with Gasteiger partial charge in [-0.1, -0.05) is 29.8 Å². The minimum atomic E-state index is -4.56. The first kappa shape index (κ1) is 22.7. The average Bonchev–Trinajstić information content (AvgIpc) is 3.31. The molecule has 11 heteroatoms. The van der Waals surface area contributed by atoms with Gasteiger partial charge in [-0.15, -0.1) is 10.2 Å². The standard InChI is InChI=1S/C24H16ClF3N6O/c1-14-17(4-7-19(31-14)24(26,27)28)12-33-23(35)21(16-8-10-29-11-9-16)20(22-32-30-13-34(22)33)15-2-5-18(25)6-3-15/h2-11,13H,12H2,1H3. The smallest absolute Gasteiger partial charge is 0.267 e. The number of alkyl halides is 3. The molecule has 0 bridgehead atoms. The van der Waals surface area contributed by atoms with Crippen molar-refractivity contribution in [2.24, 2.45) is 0 Å². The van der Waals surface area contributed by atoms with Crippen molar-refractivity contribution in [2.75, 3.05) is 0 Å². The molecule has 0 fully saturated rings. The average molecular weight is 497 g/mol. The van der Waals surface area contributed by atoms with Gasteiger partial charge in [-0.05, 0) is 53.9 Å². The molecule has 7 nitrogen and oxygen atoms in total. The Bertz CT molecular complexity index is 1590. The van der Waals surface area contributed by atoms with Gasteiger partial charge in [0.1, 0.15) is 12.0 Å². The van der Waals surface area contributed by atoms with E-state index in [1.54, 1.807) is 48.8 Å². The zero-order valence-electron chi connectivity index (χ0n) is 18.2. The minimum absolute atomic E-state index is 0.0384. The lowest BCUT2D eigenvalue weighted by atomic mass is 9.97. The number of aryl methyl sites for hydroxylation is 1. The third-order valence-corrected chi connectivity index (χ3v) is 5.87. The van der Waals surface area contributed by atoms with Crippen molar-refractivity contribution in [3.63, 3.8) is 0 Å². The highest BCUT2D eigenvalue weighted by molar-refractivity contribution is 6.30. The fourth-order valence-electron chi connectivity index (χ4n) is 3.92. The van der Waals surface area contributed by atoms with Crippen LogP contribution in [-0.2, 0) is 12.7 Å². The quantitative estimate of drug-likeness (QED) is 0.348. The molecule has 176 valence electrons. The third kappa shape index (κ3) is 4.17. The maximum Gasteiger partial charge on any atom is 0.433 e. The largest absolute Gasteiger partial charge is 0.433 e. The predicted octanol–water partition coefficient (Wildman–Crippen LogP) is 5.04. The van der Waals surface area contributed by atoms with Crippen LogP contribution in [-0.4, -0.2) is 29.4 Å². The number of fused-ring (bicyclic) bond motifs is 1. The highest BCUT2D eigenvalue weighted by Crippen LogP contribution is 2.33. The molecule has 5 aromatic rings. The van der Waals surface area contributed by atoms with Crippen molar-refractivity contribution in [3.8, 4) is 22.3 Å². The molecule has 0 saturated carbocycles. The first-order chi connectivity index (χ1) is 16.7. The first-order valence-electron chi connectivity index (χ1n) is 10.4. The van der Waals surface area contributed by atoms with E-state index in [1.165, 1.54) is 28.5 Å². The Morgan fingerprint density at radius 3 is 2.29 bits per heavy atom. The zero-order chi connectivity index (χ0) is 24.7. The summed E-state index contributed by atoms with van der Waals surface area (Å²) in [4.78, 5) is 21.7. The monoisotopic (exact) mass is 496 g/mol. The highest BCUT2D eigenvalue weighted by Gasteiger charge is 2.32. The molecule has 5 rings (SSSR count). The van der Waals surface area contributed by atoms with Crippen molar-refractivity contribution < 1.29 is 13.2 Å². The lowest BCUT2D eigenvalue weighted by Gasteiger charge is -2.17. The second-order valence-corrected chi connectivity index (χ2v) is 8.23. The van der Waals surface area contributed by atoms with Crippen molar-refractivity contribution in [3.05, 3.63) is 99.6 Å². The number of hydrogen-bond acceptors (Lipinski definition) is 5. The molecular formula is C24H16ClF3N6O. The van der Waals surface area contributed by atoms with Gasteiger partial charge < -0.3 is 0 Å². The number of rotatable bonds is 4. The fourth-order valence-corrected chi connectivity index (χ4v) is 4.04. The molecule has 4 heterocycles. The predicted molar refractivity (Wildman–Crippen MR) is 124 cm³/mol. The van der Waals surface area contributed by atoms with Crippen LogP contribution in [0.1, 0.15) is 17.0 Å². The van der Waals surface area contributed by atoms with Crippen molar-refractivity contribution >= 4 is 17.2 Å². The number of pyridine rings is 2. The second kappa shape index (κ2) is 8.62. The summed E-state index contributed by atoms with van der Waals surface area (Å²) in [6.45, 7) is 1.44. The summed E-state index contributed by atoms with van der Waals surface area (Å²) in [5, 5.41) is 8.80. The van der Waals surface area contributed by atoms with Gasteiger partial charge in [-0.2, -0.15) is 13.2 Å². The molecule has 0 radical (unpaired) electrons. The van der Waals surface area contributed by atoms with E-state index in [2.05, 4.69) is 20.2 Å². The Morgan fingerprint density at radius 2 is 1.63 bits per heavy atom. The maximum atomic E-state index is 13.9. The third-order valence-electron chi connectivity index (χ3n) is 5.62. The topological polar surface area (TPSA) is 78.0 Å². The van der Waals surface area contributed by atoms with Gasteiger partial charge >= 0.3 is 6.18 Å². The molecule has 0 aliphatic heterocycles. The van der Waals surface area contributed by atoms with E-state index >= 15 is 0 Å². The van der Waals surface area contributed by atoms with Crippen molar-refractivity contribution in [1.29, 1.82) is 0 Å². The van der Waals surface area contributed by atoms with E-state index in [9.17, 15) is 18.0 Å². The van der Waals surface area contributed by atoms with Crippen LogP contribution >= 0.6 is 11.6 Å². The Balaban J connectivity index is 1.76. The van der Waals surface area contributed by atoms with Crippen LogP contribution in [0.4, 0.5) is 13.2 Å². The Kier molecular flexibility index (Phi) is 5.60. The van der Waals surface area contributed by atoms with Crippen LogP contribution in [0.25, 0.3) is 27.9 Å². The molecule has 35 heavy (non-hydrogen) atoms. The SMILES string of the molecule is Cc1nc(C(F)(F)F)ccc1Cn1c(=O)c(-c2ccncc2)c(-c2ccc(Cl)cc2)c2nncn21. The van der Waals surface area contributed by atoms with E-state index in [1.807, 2.05) is 0 Å². The fraction of sp³-hybridized carbons (Fsp3) is 0.125. The number of hydrogen-bond donors (Lipinski definition) is 0. The van der Waals surface area contributed by atoms with Gasteiger partial charge in [0, 0.05) is 28.7 Å². The lowest BCUT2D eigenvalue weighted by Crippen LogP contribution is -2.29. The van der Waals surface area contributed by atoms with E-state index in [0.717, 1.165) is 6.07 Å². The van der Waals surface area contributed by atoms with Crippen LogP contribution in [0.3, 0.4) is 0 Å². The summed E-state index contributed by atoms with van der Waals surface area (Å²) >= 11 is 6.07. The molecule has 1 aromatic carbocycles. The number of nitrogens with zero attached hydrogens (tertiary/aromatic N) is 6. The highest BCUT2D eigenvalue weighted by atomic mass is 35.5. The summed E-state index contributed by atoms with van der Waals surface area (Å²) in [6, 6.07) is 12.6.